The first-order valence-corrected chi connectivity index (χ1v) is 11.5. The van der Waals surface area contributed by atoms with Crippen molar-refractivity contribution in [1.29, 1.82) is 5.41 Å². The number of piperidine rings is 1. The van der Waals surface area contributed by atoms with Crippen LogP contribution in [0.2, 0.25) is 5.02 Å². The number of nitrogens with zero attached hydrogens (tertiary/aromatic N) is 4. The molecule has 3 heterocycles. The Morgan fingerprint density at radius 3 is 2.61 bits per heavy atom. The molecule has 2 aromatic carbocycles. The Hall–Kier alpha value is -3.32. The molecule has 0 bridgehead atoms. The van der Waals surface area contributed by atoms with Gasteiger partial charge in [-0.1, -0.05) is 29.8 Å². The van der Waals surface area contributed by atoms with Crippen molar-refractivity contribution < 1.29 is 4.39 Å². The van der Waals surface area contributed by atoms with Crippen LogP contribution in [0.25, 0.3) is 11.0 Å². The van der Waals surface area contributed by atoms with Crippen molar-refractivity contribution in [3.05, 3.63) is 82.3 Å². The molecule has 2 aromatic heterocycles. The van der Waals surface area contributed by atoms with E-state index >= 15 is 0 Å². The Morgan fingerprint density at radius 2 is 1.85 bits per heavy atom. The fourth-order valence-electron chi connectivity index (χ4n) is 4.75. The second-order valence-electron chi connectivity index (χ2n) is 8.59. The van der Waals surface area contributed by atoms with Gasteiger partial charge in [0, 0.05) is 29.8 Å². The maximum atomic E-state index is 14.2. The minimum absolute atomic E-state index is 0.0802. The van der Waals surface area contributed by atoms with Gasteiger partial charge in [0.15, 0.2) is 5.82 Å². The Bertz CT molecular complexity index is 1380. The Labute approximate surface area is 196 Å². The number of aryl methyl sites for hydroxylation is 1. The van der Waals surface area contributed by atoms with Crippen LogP contribution < -0.4 is 16.3 Å². The lowest BCUT2D eigenvalue weighted by Gasteiger charge is -2.34. The zero-order valence-corrected chi connectivity index (χ0v) is 19.2. The number of nitrogens with two attached hydrogens (primary N) is 1. The van der Waals surface area contributed by atoms with E-state index in [1.54, 1.807) is 6.07 Å². The maximum absolute atomic E-state index is 14.2. The first-order chi connectivity index (χ1) is 15.9. The van der Waals surface area contributed by atoms with Crippen LogP contribution in [-0.4, -0.2) is 27.2 Å². The molecule has 5 rings (SSSR count). The lowest BCUT2D eigenvalue weighted by atomic mass is 10.0. The van der Waals surface area contributed by atoms with Gasteiger partial charge in [0.05, 0.1) is 23.3 Å². The van der Waals surface area contributed by atoms with Gasteiger partial charge in [-0.3, -0.25) is 5.41 Å². The molecule has 0 radical (unpaired) electrons. The van der Waals surface area contributed by atoms with Crippen LogP contribution in [-0.2, 0) is 6.54 Å². The highest BCUT2D eigenvalue weighted by atomic mass is 35.5. The predicted molar refractivity (Wildman–Crippen MR) is 130 cm³/mol. The third kappa shape index (κ3) is 3.97. The van der Waals surface area contributed by atoms with Crippen molar-refractivity contribution in [3.63, 3.8) is 0 Å². The molecule has 0 amide bonds. The van der Waals surface area contributed by atoms with E-state index < -0.39 is 0 Å². The number of imidazole rings is 1. The summed E-state index contributed by atoms with van der Waals surface area (Å²) >= 11 is 6.39. The van der Waals surface area contributed by atoms with Crippen LogP contribution in [0.4, 0.5) is 15.9 Å². The second-order valence-corrected chi connectivity index (χ2v) is 9.00. The summed E-state index contributed by atoms with van der Waals surface area (Å²) in [5.41, 5.74) is 10.6. The zero-order valence-electron chi connectivity index (χ0n) is 18.4. The molecule has 0 saturated carbocycles. The van der Waals surface area contributed by atoms with E-state index in [9.17, 15) is 4.39 Å². The molecule has 3 N–H and O–H groups in total. The van der Waals surface area contributed by atoms with Gasteiger partial charge < -0.3 is 19.8 Å². The van der Waals surface area contributed by atoms with Crippen LogP contribution in [0, 0.1) is 18.2 Å². The number of fused-ring (bicyclic) bond motifs is 1. The summed E-state index contributed by atoms with van der Waals surface area (Å²) in [6, 6.07) is 16.2. The molecule has 1 fully saturated rings. The molecule has 6 nitrogen and oxygen atoms in total. The number of aromatic nitrogens is 3. The minimum Gasteiger partial charge on any atom is -0.396 e. The first-order valence-electron chi connectivity index (χ1n) is 11.1. The lowest BCUT2D eigenvalue weighted by Crippen LogP contribution is -2.38. The molecule has 8 heteroatoms. The number of hydrogen-bond donors (Lipinski definition) is 2. The summed E-state index contributed by atoms with van der Waals surface area (Å²) in [6.45, 7) is 3.95. The largest absolute Gasteiger partial charge is 0.396 e. The molecule has 1 aliphatic rings. The zero-order chi connectivity index (χ0) is 23.1. The lowest BCUT2D eigenvalue weighted by molar-refractivity contribution is 0.385. The first kappa shape index (κ1) is 21.5. The number of benzene rings is 2. The number of halogens is 2. The van der Waals surface area contributed by atoms with E-state index in [0.29, 0.717) is 22.9 Å². The fourth-order valence-corrected chi connectivity index (χ4v) is 4.94. The van der Waals surface area contributed by atoms with Crippen molar-refractivity contribution >= 4 is 34.1 Å². The molecule has 1 aliphatic heterocycles. The minimum atomic E-state index is -0.305. The van der Waals surface area contributed by atoms with Crippen molar-refractivity contribution in [3.8, 4) is 0 Å². The molecule has 0 spiro atoms. The van der Waals surface area contributed by atoms with Crippen molar-refractivity contribution in [1.82, 2.24) is 14.1 Å². The Kier molecular flexibility index (Phi) is 5.58. The van der Waals surface area contributed by atoms with Crippen LogP contribution in [0.1, 0.15) is 30.1 Å². The number of anilines is 2. The monoisotopic (exact) mass is 464 g/mol. The fraction of sp³-hybridized carbons (Fsp3) is 0.280. The van der Waals surface area contributed by atoms with Crippen LogP contribution in [0.5, 0.6) is 0 Å². The highest BCUT2D eigenvalue weighted by molar-refractivity contribution is 6.31. The molecule has 4 aromatic rings. The van der Waals surface area contributed by atoms with Crippen LogP contribution in [0.3, 0.4) is 0 Å². The quantitative estimate of drug-likeness (QED) is 0.451. The number of rotatable bonds is 4. The molecular formula is C25H26ClFN6. The summed E-state index contributed by atoms with van der Waals surface area (Å²) < 4.78 is 18.1. The molecule has 170 valence electrons. The van der Waals surface area contributed by atoms with E-state index in [1.807, 2.05) is 52.5 Å². The molecule has 1 saturated heterocycles. The summed E-state index contributed by atoms with van der Waals surface area (Å²) in [4.78, 5) is 6.82. The normalized spacial score (nSPS) is 14.8. The molecule has 0 unspecified atom stereocenters. The Morgan fingerprint density at radius 1 is 1.09 bits per heavy atom. The van der Waals surface area contributed by atoms with Crippen molar-refractivity contribution in [2.45, 2.75) is 32.4 Å². The van der Waals surface area contributed by atoms with E-state index in [1.165, 1.54) is 12.1 Å². The highest BCUT2D eigenvalue weighted by Crippen LogP contribution is 2.31. The SMILES string of the molecule is Cc1ccc(N)c(N2CCC(n3c(=N)n(Cc4ccccc4Cl)c4ccc(F)cc43)CC2)n1. The number of nitrogens with one attached hydrogen (secondary N) is 1. The van der Waals surface area contributed by atoms with Gasteiger partial charge >= 0.3 is 0 Å². The van der Waals surface area contributed by atoms with Gasteiger partial charge in [0.2, 0.25) is 5.62 Å². The summed E-state index contributed by atoms with van der Waals surface area (Å²) in [5.74, 6) is 0.511. The van der Waals surface area contributed by atoms with E-state index in [-0.39, 0.29) is 11.9 Å². The van der Waals surface area contributed by atoms with Gasteiger partial charge in [-0.2, -0.15) is 0 Å². The van der Waals surface area contributed by atoms with Gasteiger partial charge in [-0.05, 0) is 61.7 Å². The van der Waals surface area contributed by atoms with Gasteiger partial charge in [-0.15, -0.1) is 0 Å². The summed E-state index contributed by atoms with van der Waals surface area (Å²) in [7, 11) is 0. The Balaban J connectivity index is 1.49. The molecule has 0 atom stereocenters. The number of nitrogen functional groups attached to an aromatic ring is 1. The molecule has 33 heavy (non-hydrogen) atoms. The topological polar surface area (TPSA) is 75.9 Å². The van der Waals surface area contributed by atoms with Gasteiger partial charge in [-0.25, -0.2) is 9.37 Å². The standard InChI is InChI=1S/C25H26ClFN6/c1-16-6-8-21(28)24(30-16)31-12-10-19(11-13-31)33-23-14-18(27)7-9-22(23)32(25(33)29)15-17-4-2-3-5-20(17)26/h2-9,14,19,29H,10-13,15,28H2,1H3. The van der Waals surface area contributed by atoms with Gasteiger partial charge in [0.25, 0.3) is 0 Å². The average molecular weight is 465 g/mol. The average Bonchev–Trinajstić information content (AvgIpc) is 3.07. The van der Waals surface area contributed by atoms with Crippen molar-refractivity contribution in [2.24, 2.45) is 0 Å². The number of hydrogen-bond acceptors (Lipinski definition) is 4. The van der Waals surface area contributed by atoms with Crippen LogP contribution in [0.15, 0.2) is 54.6 Å². The third-order valence-corrected chi connectivity index (χ3v) is 6.80. The second kappa shape index (κ2) is 8.56. The van der Waals surface area contributed by atoms with Crippen molar-refractivity contribution in [2.75, 3.05) is 23.7 Å². The summed E-state index contributed by atoms with van der Waals surface area (Å²) in [5, 5.41) is 9.65. The maximum Gasteiger partial charge on any atom is 0.203 e. The van der Waals surface area contributed by atoms with Crippen LogP contribution >= 0.6 is 11.6 Å². The number of pyridine rings is 1. The smallest absolute Gasteiger partial charge is 0.203 e. The highest BCUT2D eigenvalue weighted by Gasteiger charge is 2.26. The molecule has 0 aliphatic carbocycles. The predicted octanol–water partition coefficient (Wildman–Crippen LogP) is 4.89. The van der Waals surface area contributed by atoms with E-state index in [0.717, 1.165) is 54.0 Å². The molecular weight excluding hydrogens is 439 g/mol. The van der Waals surface area contributed by atoms with Gasteiger partial charge in [0.1, 0.15) is 5.82 Å². The summed E-state index contributed by atoms with van der Waals surface area (Å²) in [6.07, 6.45) is 1.63. The third-order valence-electron chi connectivity index (χ3n) is 6.43. The van der Waals surface area contributed by atoms with E-state index in [4.69, 9.17) is 22.7 Å². The van der Waals surface area contributed by atoms with E-state index in [2.05, 4.69) is 9.88 Å².